The SMILES string of the molecule is O[C@H]1CCCC[C@H]1n1cc(-c2ccccc2)nn1. The first kappa shape index (κ1) is 11.4. The maximum atomic E-state index is 10.0. The highest BCUT2D eigenvalue weighted by atomic mass is 16.3. The van der Waals surface area contributed by atoms with Gasteiger partial charge in [0.2, 0.25) is 0 Å². The molecule has 0 spiro atoms. The summed E-state index contributed by atoms with van der Waals surface area (Å²) in [6.45, 7) is 0. The van der Waals surface area contributed by atoms with Crippen LogP contribution in [0.25, 0.3) is 11.3 Å². The summed E-state index contributed by atoms with van der Waals surface area (Å²) in [6.07, 6.45) is 5.77. The smallest absolute Gasteiger partial charge is 0.113 e. The lowest BCUT2D eigenvalue weighted by Gasteiger charge is -2.27. The van der Waals surface area contributed by atoms with E-state index in [4.69, 9.17) is 0 Å². The second kappa shape index (κ2) is 4.90. The van der Waals surface area contributed by atoms with Crippen molar-refractivity contribution in [2.24, 2.45) is 0 Å². The average Bonchev–Trinajstić information content (AvgIpc) is 2.90. The first-order chi connectivity index (χ1) is 8.84. The monoisotopic (exact) mass is 243 g/mol. The Kier molecular flexibility index (Phi) is 3.11. The number of aromatic nitrogens is 3. The Morgan fingerprint density at radius 1 is 1.11 bits per heavy atom. The third kappa shape index (κ3) is 2.16. The third-order valence-corrected chi connectivity index (χ3v) is 3.61. The van der Waals surface area contributed by atoms with Gasteiger partial charge in [-0.05, 0) is 12.8 Å². The first-order valence-electron chi connectivity index (χ1n) is 6.50. The van der Waals surface area contributed by atoms with E-state index in [1.807, 2.05) is 41.2 Å². The predicted molar refractivity (Wildman–Crippen MR) is 69.0 cm³/mol. The van der Waals surface area contributed by atoms with Crippen molar-refractivity contribution in [2.75, 3.05) is 0 Å². The Morgan fingerprint density at radius 2 is 1.89 bits per heavy atom. The predicted octanol–water partition coefficient (Wildman–Crippen LogP) is 2.42. The fourth-order valence-electron chi connectivity index (χ4n) is 2.58. The van der Waals surface area contributed by atoms with E-state index in [0.717, 1.165) is 36.9 Å². The van der Waals surface area contributed by atoms with Gasteiger partial charge in [0.1, 0.15) is 5.69 Å². The van der Waals surface area contributed by atoms with Gasteiger partial charge in [-0.1, -0.05) is 48.4 Å². The van der Waals surface area contributed by atoms with Crippen LogP contribution in [0.2, 0.25) is 0 Å². The minimum atomic E-state index is -0.288. The summed E-state index contributed by atoms with van der Waals surface area (Å²) in [5.74, 6) is 0. The third-order valence-electron chi connectivity index (χ3n) is 3.61. The number of aliphatic hydroxyl groups is 1. The summed E-state index contributed by atoms with van der Waals surface area (Å²) in [7, 11) is 0. The van der Waals surface area contributed by atoms with E-state index in [0.29, 0.717) is 0 Å². The topological polar surface area (TPSA) is 50.9 Å². The van der Waals surface area contributed by atoms with Crippen LogP contribution in [0.4, 0.5) is 0 Å². The minimum absolute atomic E-state index is 0.0868. The maximum absolute atomic E-state index is 10.0. The van der Waals surface area contributed by atoms with Gasteiger partial charge in [-0.3, -0.25) is 0 Å². The lowest BCUT2D eigenvalue weighted by molar-refractivity contribution is 0.0685. The molecule has 4 heteroatoms. The lowest BCUT2D eigenvalue weighted by Crippen LogP contribution is -2.27. The molecule has 0 unspecified atom stereocenters. The zero-order valence-electron chi connectivity index (χ0n) is 10.2. The van der Waals surface area contributed by atoms with Crippen molar-refractivity contribution in [3.63, 3.8) is 0 Å². The Labute approximate surface area is 106 Å². The normalized spacial score (nSPS) is 24.1. The molecule has 1 aromatic heterocycles. The molecular formula is C14H17N3O. The van der Waals surface area contributed by atoms with Gasteiger partial charge >= 0.3 is 0 Å². The fraction of sp³-hybridized carbons (Fsp3) is 0.429. The summed E-state index contributed by atoms with van der Waals surface area (Å²) < 4.78 is 1.83. The zero-order chi connectivity index (χ0) is 12.4. The van der Waals surface area contributed by atoms with Crippen LogP contribution in [-0.4, -0.2) is 26.2 Å². The quantitative estimate of drug-likeness (QED) is 0.881. The molecule has 2 aromatic rings. The Morgan fingerprint density at radius 3 is 2.67 bits per heavy atom. The number of rotatable bonds is 2. The molecule has 1 fully saturated rings. The minimum Gasteiger partial charge on any atom is -0.391 e. The van der Waals surface area contributed by atoms with Crippen LogP contribution in [0.5, 0.6) is 0 Å². The molecule has 4 nitrogen and oxygen atoms in total. The molecule has 0 bridgehead atoms. The fourth-order valence-corrected chi connectivity index (χ4v) is 2.58. The molecule has 0 aliphatic heterocycles. The molecule has 1 N–H and O–H groups in total. The summed E-state index contributed by atoms with van der Waals surface area (Å²) in [6, 6.07) is 10.1. The summed E-state index contributed by atoms with van der Waals surface area (Å²) in [5, 5.41) is 18.4. The highest BCUT2D eigenvalue weighted by Crippen LogP contribution is 2.28. The van der Waals surface area contributed by atoms with Crippen molar-refractivity contribution >= 4 is 0 Å². The lowest BCUT2D eigenvalue weighted by atomic mass is 9.93. The standard InChI is InChI=1S/C14H17N3O/c18-14-9-5-4-8-13(14)17-10-12(15-16-17)11-6-2-1-3-7-11/h1-3,6-7,10,13-14,18H,4-5,8-9H2/t13-,14+/m1/s1. The maximum Gasteiger partial charge on any atom is 0.113 e. The Balaban J connectivity index is 1.85. The molecule has 1 aliphatic rings. The Bertz CT molecular complexity index is 509. The molecule has 1 aliphatic carbocycles. The van der Waals surface area contributed by atoms with E-state index in [1.165, 1.54) is 0 Å². The van der Waals surface area contributed by atoms with Crippen LogP contribution in [0.1, 0.15) is 31.7 Å². The van der Waals surface area contributed by atoms with Crippen LogP contribution in [0, 0.1) is 0 Å². The molecule has 1 aromatic carbocycles. The van der Waals surface area contributed by atoms with E-state index in [2.05, 4.69) is 10.3 Å². The van der Waals surface area contributed by atoms with Gasteiger partial charge in [0.05, 0.1) is 18.3 Å². The van der Waals surface area contributed by atoms with Gasteiger partial charge in [0, 0.05) is 5.56 Å². The van der Waals surface area contributed by atoms with Crippen LogP contribution in [-0.2, 0) is 0 Å². The molecule has 1 heterocycles. The highest BCUT2D eigenvalue weighted by Gasteiger charge is 2.25. The van der Waals surface area contributed by atoms with Gasteiger partial charge in [-0.25, -0.2) is 4.68 Å². The first-order valence-corrected chi connectivity index (χ1v) is 6.50. The number of aliphatic hydroxyl groups excluding tert-OH is 1. The van der Waals surface area contributed by atoms with Gasteiger partial charge in [-0.15, -0.1) is 5.10 Å². The molecule has 3 rings (SSSR count). The van der Waals surface area contributed by atoms with E-state index in [1.54, 1.807) is 0 Å². The van der Waals surface area contributed by atoms with Crippen molar-refractivity contribution in [1.82, 2.24) is 15.0 Å². The molecule has 2 atom stereocenters. The number of hydrogen-bond acceptors (Lipinski definition) is 3. The highest BCUT2D eigenvalue weighted by molar-refractivity contribution is 5.57. The molecule has 1 saturated carbocycles. The molecule has 0 amide bonds. The van der Waals surface area contributed by atoms with Gasteiger partial charge in [-0.2, -0.15) is 0 Å². The van der Waals surface area contributed by atoms with Gasteiger partial charge in [0.25, 0.3) is 0 Å². The van der Waals surface area contributed by atoms with Crippen molar-refractivity contribution < 1.29 is 5.11 Å². The van der Waals surface area contributed by atoms with Crippen molar-refractivity contribution in [1.29, 1.82) is 0 Å². The largest absolute Gasteiger partial charge is 0.391 e. The summed E-state index contributed by atoms with van der Waals surface area (Å²) in [4.78, 5) is 0. The zero-order valence-corrected chi connectivity index (χ0v) is 10.2. The van der Waals surface area contributed by atoms with E-state index in [-0.39, 0.29) is 12.1 Å². The molecule has 0 radical (unpaired) electrons. The van der Waals surface area contributed by atoms with Crippen molar-refractivity contribution in [2.45, 2.75) is 37.8 Å². The molecule has 94 valence electrons. The van der Waals surface area contributed by atoms with Gasteiger partial charge in [0.15, 0.2) is 0 Å². The van der Waals surface area contributed by atoms with Crippen LogP contribution < -0.4 is 0 Å². The van der Waals surface area contributed by atoms with E-state index in [9.17, 15) is 5.11 Å². The average molecular weight is 243 g/mol. The van der Waals surface area contributed by atoms with Crippen molar-refractivity contribution in [3.05, 3.63) is 36.5 Å². The second-order valence-corrected chi connectivity index (χ2v) is 4.87. The number of nitrogens with zero attached hydrogens (tertiary/aromatic N) is 3. The number of benzene rings is 1. The van der Waals surface area contributed by atoms with Gasteiger partial charge < -0.3 is 5.11 Å². The van der Waals surface area contributed by atoms with E-state index >= 15 is 0 Å². The number of hydrogen-bond donors (Lipinski definition) is 1. The van der Waals surface area contributed by atoms with E-state index < -0.39 is 0 Å². The Hall–Kier alpha value is -1.68. The summed E-state index contributed by atoms with van der Waals surface area (Å²) in [5.41, 5.74) is 1.93. The van der Waals surface area contributed by atoms with Crippen molar-refractivity contribution in [3.8, 4) is 11.3 Å². The van der Waals surface area contributed by atoms with Crippen LogP contribution in [0.3, 0.4) is 0 Å². The second-order valence-electron chi connectivity index (χ2n) is 4.87. The molecule has 18 heavy (non-hydrogen) atoms. The molecule has 0 saturated heterocycles. The molecular weight excluding hydrogens is 226 g/mol. The van der Waals surface area contributed by atoms with Crippen LogP contribution >= 0.6 is 0 Å². The summed E-state index contributed by atoms with van der Waals surface area (Å²) >= 11 is 0. The van der Waals surface area contributed by atoms with Crippen LogP contribution in [0.15, 0.2) is 36.5 Å².